The molecule has 0 aliphatic heterocycles. The molecule has 0 aromatic carbocycles. The van der Waals surface area contributed by atoms with Gasteiger partial charge in [-0.25, -0.2) is 0 Å². The fourth-order valence-corrected chi connectivity index (χ4v) is 5.13. The van der Waals surface area contributed by atoms with Crippen LogP contribution in [0.4, 0.5) is 0 Å². The lowest BCUT2D eigenvalue weighted by Crippen LogP contribution is -2.27. The van der Waals surface area contributed by atoms with Gasteiger partial charge in [-0.15, -0.1) is 0 Å². The van der Waals surface area contributed by atoms with Crippen molar-refractivity contribution in [2.45, 2.75) is 193 Å². The van der Waals surface area contributed by atoms with Crippen LogP contribution in [0.2, 0.25) is 0 Å². The molecule has 4 heteroatoms. The standard InChI is InChI=1S/C36H70O4/c1-3-5-7-9-11-13-15-17-18-19-20-21-23-25-27-29-31-36(38)40-35(33-37)34-39-32-30-28-26-24-22-16-14-12-10-8-6-4-2/h10,12,35,37H,3-9,11,13-34H2,1-2H3/b12-10-. The normalized spacial score (nSPS) is 12.4. The maximum atomic E-state index is 12.1. The monoisotopic (exact) mass is 567 g/mol. The molecule has 238 valence electrons. The highest BCUT2D eigenvalue weighted by Gasteiger charge is 2.13. The van der Waals surface area contributed by atoms with Crippen LogP contribution >= 0.6 is 0 Å². The van der Waals surface area contributed by atoms with Crippen LogP contribution in [-0.2, 0) is 14.3 Å². The van der Waals surface area contributed by atoms with E-state index in [1.54, 1.807) is 0 Å². The Bertz CT molecular complexity index is 519. The minimum atomic E-state index is -0.529. The number of unbranched alkanes of at least 4 members (excludes halogenated alkanes) is 23. The van der Waals surface area contributed by atoms with Gasteiger partial charge >= 0.3 is 5.97 Å². The second kappa shape index (κ2) is 34.3. The van der Waals surface area contributed by atoms with Crippen LogP contribution in [0.25, 0.3) is 0 Å². The second-order valence-corrected chi connectivity index (χ2v) is 11.9. The smallest absolute Gasteiger partial charge is 0.306 e. The minimum absolute atomic E-state index is 0.169. The van der Waals surface area contributed by atoms with Crippen LogP contribution in [0.1, 0.15) is 187 Å². The average Bonchev–Trinajstić information content (AvgIpc) is 2.96. The molecule has 0 aromatic rings. The average molecular weight is 567 g/mol. The van der Waals surface area contributed by atoms with Gasteiger partial charge in [-0.1, -0.05) is 161 Å². The zero-order valence-corrected chi connectivity index (χ0v) is 27.1. The van der Waals surface area contributed by atoms with Gasteiger partial charge in [0.05, 0.1) is 13.2 Å². The van der Waals surface area contributed by atoms with E-state index in [1.165, 1.54) is 148 Å². The molecule has 0 heterocycles. The van der Waals surface area contributed by atoms with Crippen molar-refractivity contribution in [3.05, 3.63) is 12.2 Å². The van der Waals surface area contributed by atoms with Crippen LogP contribution in [0.5, 0.6) is 0 Å². The molecule has 0 rings (SSSR count). The van der Waals surface area contributed by atoms with Crippen LogP contribution in [0.15, 0.2) is 12.2 Å². The SMILES string of the molecule is CCCC/C=C\CCCCCCCCOCC(CO)OC(=O)CCCCCCCCCCCCCCCCCC. The van der Waals surface area contributed by atoms with E-state index in [0.717, 1.165) is 19.3 Å². The fourth-order valence-electron chi connectivity index (χ4n) is 5.13. The van der Waals surface area contributed by atoms with Crippen molar-refractivity contribution in [2.24, 2.45) is 0 Å². The molecule has 0 aromatic heterocycles. The summed E-state index contributed by atoms with van der Waals surface area (Å²) < 4.78 is 11.1. The van der Waals surface area contributed by atoms with Gasteiger partial charge in [-0.3, -0.25) is 4.79 Å². The number of hydrogen-bond donors (Lipinski definition) is 1. The lowest BCUT2D eigenvalue weighted by Gasteiger charge is -2.15. The third-order valence-electron chi connectivity index (χ3n) is 7.84. The molecule has 0 radical (unpaired) electrons. The molecule has 0 amide bonds. The van der Waals surface area contributed by atoms with Crippen LogP contribution < -0.4 is 0 Å². The van der Waals surface area contributed by atoms with E-state index in [1.807, 2.05) is 0 Å². The van der Waals surface area contributed by atoms with Crippen molar-refractivity contribution in [3.63, 3.8) is 0 Å². The Morgan fingerprint density at radius 2 is 1.00 bits per heavy atom. The van der Waals surface area contributed by atoms with Gasteiger partial charge in [-0.2, -0.15) is 0 Å². The number of carbonyl (C=O) groups is 1. The lowest BCUT2D eigenvalue weighted by molar-refractivity contribution is -0.154. The lowest BCUT2D eigenvalue weighted by atomic mass is 10.0. The van der Waals surface area contributed by atoms with E-state index in [4.69, 9.17) is 9.47 Å². The maximum Gasteiger partial charge on any atom is 0.306 e. The largest absolute Gasteiger partial charge is 0.457 e. The number of aliphatic hydroxyl groups excluding tert-OH is 1. The minimum Gasteiger partial charge on any atom is -0.457 e. The van der Waals surface area contributed by atoms with Crippen molar-refractivity contribution >= 4 is 5.97 Å². The highest BCUT2D eigenvalue weighted by molar-refractivity contribution is 5.69. The van der Waals surface area contributed by atoms with Crippen molar-refractivity contribution in [2.75, 3.05) is 19.8 Å². The molecule has 0 saturated carbocycles. The van der Waals surface area contributed by atoms with Gasteiger partial charge in [0.25, 0.3) is 0 Å². The zero-order valence-electron chi connectivity index (χ0n) is 27.1. The molecule has 1 N–H and O–H groups in total. The number of ether oxygens (including phenoxy) is 2. The summed E-state index contributed by atoms with van der Waals surface area (Å²) in [6.45, 7) is 5.32. The van der Waals surface area contributed by atoms with E-state index in [9.17, 15) is 9.90 Å². The van der Waals surface area contributed by atoms with Gasteiger partial charge in [-0.05, 0) is 32.1 Å². The molecule has 0 aliphatic carbocycles. The van der Waals surface area contributed by atoms with Gasteiger partial charge in [0.15, 0.2) is 0 Å². The van der Waals surface area contributed by atoms with E-state index >= 15 is 0 Å². The predicted molar refractivity (Wildman–Crippen MR) is 173 cm³/mol. The first-order valence-electron chi connectivity index (χ1n) is 17.8. The molecule has 0 spiro atoms. The van der Waals surface area contributed by atoms with E-state index in [0.29, 0.717) is 19.6 Å². The van der Waals surface area contributed by atoms with Crippen molar-refractivity contribution in [1.82, 2.24) is 0 Å². The summed E-state index contributed by atoms with van der Waals surface area (Å²) in [7, 11) is 0. The summed E-state index contributed by atoms with van der Waals surface area (Å²) in [6.07, 6.45) is 38.2. The molecular weight excluding hydrogens is 496 g/mol. The van der Waals surface area contributed by atoms with Gasteiger partial charge in [0.2, 0.25) is 0 Å². The van der Waals surface area contributed by atoms with Crippen LogP contribution in [0, 0.1) is 0 Å². The predicted octanol–water partition coefficient (Wildman–Crippen LogP) is 11.0. The van der Waals surface area contributed by atoms with Crippen molar-refractivity contribution in [1.29, 1.82) is 0 Å². The van der Waals surface area contributed by atoms with Crippen molar-refractivity contribution < 1.29 is 19.4 Å². The number of aliphatic hydroxyl groups is 1. The Hall–Kier alpha value is -0.870. The first-order valence-corrected chi connectivity index (χ1v) is 17.8. The fraction of sp³-hybridized carbons (Fsp3) is 0.917. The number of rotatable bonds is 33. The first kappa shape index (κ1) is 39.1. The van der Waals surface area contributed by atoms with E-state index in [-0.39, 0.29) is 12.6 Å². The summed E-state index contributed by atoms with van der Waals surface area (Å²) in [5.74, 6) is -0.201. The summed E-state index contributed by atoms with van der Waals surface area (Å²) in [4.78, 5) is 12.1. The number of carbonyl (C=O) groups excluding carboxylic acids is 1. The van der Waals surface area contributed by atoms with E-state index in [2.05, 4.69) is 26.0 Å². The summed E-state index contributed by atoms with van der Waals surface area (Å²) in [6, 6.07) is 0. The molecular formula is C36H70O4. The quantitative estimate of drug-likeness (QED) is 0.0487. The molecule has 0 aliphatic rings. The molecule has 1 unspecified atom stereocenters. The highest BCUT2D eigenvalue weighted by Crippen LogP contribution is 2.14. The van der Waals surface area contributed by atoms with Gasteiger partial charge in [0, 0.05) is 13.0 Å². The Kier molecular flexibility index (Phi) is 33.6. The first-order chi connectivity index (χ1) is 19.7. The molecule has 4 nitrogen and oxygen atoms in total. The Balaban J connectivity index is 3.41. The summed E-state index contributed by atoms with van der Waals surface area (Å²) in [5.41, 5.74) is 0. The molecule has 0 bridgehead atoms. The molecule has 1 atom stereocenters. The Morgan fingerprint density at radius 3 is 1.50 bits per heavy atom. The summed E-state index contributed by atoms with van der Waals surface area (Å²) in [5, 5.41) is 9.53. The topological polar surface area (TPSA) is 55.8 Å². The Morgan fingerprint density at radius 1 is 0.575 bits per heavy atom. The van der Waals surface area contributed by atoms with Gasteiger partial charge in [0.1, 0.15) is 6.10 Å². The third-order valence-corrected chi connectivity index (χ3v) is 7.84. The molecule has 40 heavy (non-hydrogen) atoms. The molecule has 0 saturated heterocycles. The van der Waals surface area contributed by atoms with Crippen LogP contribution in [0.3, 0.4) is 0 Å². The zero-order chi connectivity index (χ0) is 29.2. The van der Waals surface area contributed by atoms with Gasteiger partial charge < -0.3 is 14.6 Å². The van der Waals surface area contributed by atoms with Crippen LogP contribution in [-0.4, -0.2) is 37.0 Å². The summed E-state index contributed by atoms with van der Waals surface area (Å²) >= 11 is 0. The van der Waals surface area contributed by atoms with E-state index < -0.39 is 6.10 Å². The molecule has 0 fully saturated rings. The number of allylic oxidation sites excluding steroid dienone is 2. The maximum absolute atomic E-state index is 12.1. The number of esters is 1. The number of hydrogen-bond acceptors (Lipinski definition) is 4. The highest BCUT2D eigenvalue weighted by atomic mass is 16.6. The third kappa shape index (κ3) is 31.7. The van der Waals surface area contributed by atoms with Crippen molar-refractivity contribution in [3.8, 4) is 0 Å². The second-order valence-electron chi connectivity index (χ2n) is 11.9. The Labute approximate surface area is 250 Å².